The van der Waals surface area contributed by atoms with Gasteiger partial charge in [0.2, 0.25) is 5.78 Å². The number of rotatable bonds is 4. The van der Waals surface area contributed by atoms with E-state index >= 15 is 0 Å². The molecule has 1 saturated heterocycles. The molecular formula is C17H26N4O2. The van der Waals surface area contributed by atoms with E-state index in [0.717, 1.165) is 31.1 Å². The molecule has 1 aliphatic rings. The van der Waals surface area contributed by atoms with Crippen molar-refractivity contribution in [2.75, 3.05) is 26.8 Å². The molecule has 1 aliphatic heterocycles. The second kappa shape index (κ2) is 6.19. The standard InChI is InChI=1S/C17H26N4O2/c1-12-6-13(2)21-14(7-18-16(21)19-12)8-20-9-15(10-22-5)23-17(3,4)11-20/h6-7,15H,8-11H2,1-5H3/t15-/m0/s1. The molecule has 0 aliphatic carbocycles. The van der Waals surface area contributed by atoms with Crippen molar-refractivity contribution >= 4 is 5.78 Å². The fourth-order valence-corrected chi connectivity index (χ4v) is 3.55. The molecule has 3 rings (SSSR count). The van der Waals surface area contributed by atoms with E-state index in [-0.39, 0.29) is 11.7 Å². The molecule has 6 heteroatoms. The minimum Gasteiger partial charge on any atom is -0.382 e. The minimum atomic E-state index is -0.175. The molecule has 0 aromatic carbocycles. The van der Waals surface area contributed by atoms with E-state index in [1.165, 1.54) is 11.4 Å². The van der Waals surface area contributed by atoms with Crippen LogP contribution in [-0.4, -0.2) is 57.8 Å². The molecule has 3 heterocycles. The topological polar surface area (TPSA) is 51.9 Å². The van der Waals surface area contributed by atoms with Gasteiger partial charge >= 0.3 is 0 Å². The van der Waals surface area contributed by atoms with Gasteiger partial charge in [-0.2, -0.15) is 0 Å². The highest BCUT2D eigenvalue weighted by Crippen LogP contribution is 2.23. The Hall–Kier alpha value is -1.50. The smallest absolute Gasteiger partial charge is 0.234 e. The summed E-state index contributed by atoms with van der Waals surface area (Å²) in [6.45, 7) is 11.6. The highest BCUT2D eigenvalue weighted by molar-refractivity contribution is 5.35. The van der Waals surface area contributed by atoms with Crippen LogP contribution < -0.4 is 0 Å². The molecular weight excluding hydrogens is 292 g/mol. The first kappa shape index (κ1) is 16.4. The Kier molecular flexibility index (Phi) is 4.40. The Morgan fingerprint density at radius 3 is 2.91 bits per heavy atom. The fourth-order valence-electron chi connectivity index (χ4n) is 3.55. The predicted molar refractivity (Wildman–Crippen MR) is 88.6 cm³/mol. The van der Waals surface area contributed by atoms with Crippen molar-refractivity contribution in [1.29, 1.82) is 0 Å². The van der Waals surface area contributed by atoms with Gasteiger partial charge in [0, 0.05) is 38.1 Å². The van der Waals surface area contributed by atoms with Crippen molar-refractivity contribution in [1.82, 2.24) is 19.3 Å². The summed E-state index contributed by atoms with van der Waals surface area (Å²) in [5, 5.41) is 0. The Morgan fingerprint density at radius 1 is 1.39 bits per heavy atom. The number of hydrogen-bond acceptors (Lipinski definition) is 5. The molecule has 6 nitrogen and oxygen atoms in total. The molecule has 0 bridgehead atoms. The first-order valence-electron chi connectivity index (χ1n) is 8.07. The van der Waals surface area contributed by atoms with Crippen molar-refractivity contribution in [3.8, 4) is 0 Å². The first-order chi connectivity index (χ1) is 10.9. The molecule has 2 aromatic rings. The average molecular weight is 318 g/mol. The van der Waals surface area contributed by atoms with E-state index in [9.17, 15) is 0 Å². The Labute approximate surface area is 137 Å². The van der Waals surface area contributed by atoms with E-state index in [4.69, 9.17) is 9.47 Å². The number of nitrogens with zero attached hydrogens (tertiary/aromatic N) is 4. The Balaban J connectivity index is 1.83. The van der Waals surface area contributed by atoms with Crippen molar-refractivity contribution in [3.63, 3.8) is 0 Å². The maximum atomic E-state index is 6.09. The van der Waals surface area contributed by atoms with Gasteiger partial charge in [-0.1, -0.05) is 0 Å². The normalized spacial score (nSPS) is 21.9. The summed E-state index contributed by atoms with van der Waals surface area (Å²) in [6, 6.07) is 2.09. The third-order valence-electron chi connectivity index (χ3n) is 4.15. The van der Waals surface area contributed by atoms with Gasteiger partial charge in [0.25, 0.3) is 0 Å². The molecule has 1 fully saturated rings. The quantitative estimate of drug-likeness (QED) is 0.863. The number of methoxy groups -OCH3 is 1. The van der Waals surface area contributed by atoms with Gasteiger partial charge in [0.05, 0.1) is 30.2 Å². The van der Waals surface area contributed by atoms with Crippen LogP contribution in [0.1, 0.15) is 30.9 Å². The first-order valence-corrected chi connectivity index (χ1v) is 8.07. The zero-order chi connectivity index (χ0) is 16.6. The van der Waals surface area contributed by atoms with E-state index in [2.05, 4.69) is 46.1 Å². The van der Waals surface area contributed by atoms with Gasteiger partial charge in [-0.15, -0.1) is 0 Å². The molecule has 1 atom stereocenters. The number of imidazole rings is 1. The highest BCUT2D eigenvalue weighted by atomic mass is 16.5. The van der Waals surface area contributed by atoms with Crippen LogP contribution in [0.4, 0.5) is 0 Å². The minimum absolute atomic E-state index is 0.101. The summed E-state index contributed by atoms with van der Waals surface area (Å²) in [6.07, 6.45) is 2.03. The van der Waals surface area contributed by atoms with Crippen molar-refractivity contribution in [2.45, 2.75) is 45.9 Å². The van der Waals surface area contributed by atoms with E-state index in [1.807, 2.05) is 13.1 Å². The van der Waals surface area contributed by atoms with Crippen LogP contribution in [0.25, 0.3) is 5.78 Å². The molecule has 0 unspecified atom stereocenters. The average Bonchev–Trinajstić information content (AvgIpc) is 2.80. The molecule has 0 radical (unpaired) electrons. The maximum absolute atomic E-state index is 6.09. The number of ether oxygens (including phenoxy) is 2. The molecule has 23 heavy (non-hydrogen) atoms. The summed E-state index contributed by atoms with van der Waals surface area (Å²) >= 11 is 0. The number of aromatic nitrogens is 3. The fraction of sp³-hybridized carbons (Fsp3) is 0.647. The Bertz CT molecular complexity index is 695. The summed E-state index contributed by atoms with van der Waals surface area (Å²) in [4.78, 5) is 11.4. The second-order valence-corrected chi connectivity index (χ2v) is 7.05. The van der Waals surface area contributed by atoms with E-state index < -0.39 is 0 Å². The number of hydrogen-bond donors (Lipinski definition) is 0. The summed E-state index contributed by atoms with van der Waals surface area (Å²) < 4.78 is 13.5. The van der Waals surface area contributed by atoms with Crippen LogP contribution in [0.15, 0.2) is 12.3 Å². The van der Waals surface area contributed by atoms with Gasteiger partial charge in [-0.05, 0) is 33.8 Å². The van der Waals surface area contributed by atoms with Crippen molar-refractivity contribution in [2.24, 2.45) is 0 Å². The molecule has 0 saturated carbocycles. The lowest BCUT2D eigenvalue weighted by Gasteiger charge is -2.42. The lowest BCUT2D eigenvalue weighted by molar-refractivity contribution is -0.154. The number of aryl methyl sites for hydroxylation is 2. The second-order valence-electron chi connectivity index (χ2n) is 7.05. The van der Waals surface area contributed by atoms with Gasteiger partial charge in [-0.3, -0.25) is 9.30 Å². The van der Waals surface area contributed by atoms with Crippen LogP contribution in [0.5, 0.6) is 0 Å². The molecule has 0 spiro atoms. The number of fused-ring (bicyclic) bond motifs is 1. The van der Waals surface area contributed by atoms with Crippen molar-refractivity contribution in [3.05, 3.63) is 29.3 Å². The van der Waals surface area contributed by atoms with Crippen molar-refractivity contribution < 1.29 is 9.47 Å². The van der Waals surface area contributed by atoms with Crippen LogP contribution in [0.2, 0.25) is 0 Å². The zero-order valence-corrected chi connectivity index (χ0v) is 14.7. The maximum Gasteiger partial charge on any atom is 0.234 e. The van der Waals surface area contributed by atoms with Crippen LogP contribution >= 0.6 is 0 Å². The monoisotopic (exact) mass is 318 g/mol. The molecule has 126 valence electrons. The van der Waals surface area contributed by atoms with Gasteiger partial charge in [0.15, 0.2) is 0 Å². The van der Waals surface area contributed by atoms with Crippen LogP contribution in [0.3, 0.4) is 0 Å². The molecule has 0 amide bonds. The molecule has 2 aromatic heterocycles. The molecule has 0 N–H and O–H groups in total. The lowest BCUT2D eigenvalue weighted by Crippen LogP contribution is -2.53. The summed E-state index contributed by atoms with van der Waals surface area (Å²) in [5.41, 5.74) is 3.16. The Morgan fingerprint density at radius 2 is 2.17 bits per heavy atom. The summed E-state index contributed by atoms with van der Waals surface area (Å²) in [7, 11) is 1.72. The van der Waals surface area contributed by atoms with E-state index in [0.29, 0.717) is 6.61 Å². The highest BCUT2D eigenvalue weighted by Gasteiger charge is 2.33. The van der Waals surface area contributed by atoms with Crippen LogP contribution in [0, 0.1) is 13.8 Å². The third-order valence-corrected chi connectivity index (χ3v) is 4.15. The summed E-state index contributed by atoms with van der Waals surface area (Å²) in [5.74, 6) is 0.776. The predicted octanol–water partition coefficient (Wildman–Crippen LogP) is 1.97. The third kappa shape index (κ3) is 3.54. The lowest BCUT2D eigenvalue weighted by atomic mass is 10.1. The number of morpholine rings is 1. The largest absolute Gasteiger partial charge is 0.382 e. The van der Waals surface area contributed by atoms with E-state index in [1.54, 1.807) is 7.11 Å². The van der Waals surface area contributed by atoms with Gasteiger partial charge < -0.3 is 9.47 Å². The van der Waals surface area contributed by atoms with Gasteiger partial charge in [-0.25, -0.2) is 9.97 Å². The zero-order valence-electron chi connectivity index (χ0n) is 14.7. The SMILES string of the molecule is COC[C@@H]1CN(Cc2cnc3nc(C)cc(C)n23)CC(C)(C)O1. The van der Waals surface area contributed by atoms with Gasteiger partial charge in [0.1, 0.15) is 0 Å². The van der Waals surface area contributed by atoms with Crippen LogP contribution in [-0.2, 0) is 16.0 Å².